The first-order valence-corrected chi connectivity index (χ1v) is 6.27. The molecule has 0 fully saturated rings. The van der Waals surface area contributed by atoms with E-state index in [0.29, 0.717) is 5.02 Å². The van der Waals surface area contributed by atoms with Crippen molar-refractivity contribution in [3.8, 4) is 11.1 Å². The van der Waals surface area contributed by atoms with E-state index in [1.165, 1.54) is 17.7 Å². The second-order valence-electron chi connectivity index (χ2n) is 4.18. The average molecular weight is 300 g/mol. The number of likely N-dealkylation sites (N-methyl/N-ethyl adjacent to an activating group) is 1. The lowest BCUT2D eigenvalue weighted by atomic mass is 10.0. The summed E-state index contributed by atoms with van der Waals surface area (Å²) in [6, 6.07) is 12.7. The quantitative estimate of drug-likeness (QED) is 0.886. The minimum Gasteiger partial charge on any atom is -0.319 e. The Bertz CT molecular complexity index is 543. The lowest BCUT2D eigenvalue weighted by Gasteiger charge is -2.07. The molecule has 0 aliphatic rings. The van der Waals surface area contributed by atoms with E-state index in [-0.39, 0.29) is 18.2 Å². The van der Waals surface area contributed by atoms with Crippen molar-refractivity contribution in [1.29, 1.82) is 0 Å². The fourth-order valence-electron chi connectivity index (χ4n) is 1.89. The minimum absolute atomic E-state index is 0. The molecule has 0 aliphatic carbocycles. The van der Waals surface area contributed by atoms with Gasteiger partial charge in [-0.05, 0) is 49.3 Å². The standard InChI is InChI=1S/C15H15ClFN.ClH/c1-18-8-7-11-3-2-4-12(9-11)14-6-5-13(17)10-15(14)16;/h2-6,9-10,18H,7-8H2,1H3;1H. The first-order chi connectivity index (χ1) is 8.70. The van der Waals surface area contributed by atoms with Crippen LogP contribution >= 0.6 is 24.0 Å². The summed E-state index contributed by atoms with van der Waals surface area (Å²) in [5, 5.41) is 3.56. The van der Waals surface area contributed by atoms with Gasteiger partial charge in [-0.15, -0.1) is 12.4 Å². The Morgan fingerprint density at radius 1 is 1.16 bits per heavy atom. The molecule has 1 N–H and O–H groups in total. The molecular weight excluding hydrogens is 284 g/mol. The van der Waals surface area contributed by atoms with Gasteiger partial charge in [0.05, 0.1) is 5.02 Å². The maximum Gasteiger partial charge on any atom is 0.124 e. The number of halogens is 3. The summed E-state index contributed by atoms with van der Waals surface area (Å²) in [7, 11) is 1.93. The van der Waals surface area contributed by atoms with Crippen molar-refractivity contribution in [3.05, 3.63) is 58.9 Å². The SMILES string of the molecule is CNCCc1cccc(-c2ccc(F)cc2Cl)c1.Cl. The number of hydrogen-bond donors (Lipinski definition) is 1. The van der Waals surface area contributed by atoms with Gasteiger partial charge in [0.2, 0.25) is 0 Å². The van der Waals surface area contributed by atoms with E-state index < -0.39 is 0 Å². The average Bonchev–Trinajstić information content (AvgIpc) is 2.36. The van der Waals surface area contributed by atoms with Crippen molar-refractivity contribution in [2.75, 3.05) is 13.6 Å². The van der Waals surface area contributed by atoms with Gasteiger partial charge in [0.15, 0.2) is 0 Å². The van der Waals surface area contributed by atoms with Crippen molar-refractivity contribution < 1.29 is 4.39 Å². The normalized spacial score (nSPS) is 10.1. The smallest absolute Gasteiger partial charge is 0.124 e. The maximum absolute atomic E-state index is 13.0. The van der Waals surface area contributed by atoms with Crippen LogP contribution in [0.2, 0.25) is 5.02 Å². The molecule has 0 saturated carbocycles. The van der Waals surface area contributed by atoms with E-state index in [2.05, 4.69) is 17.4 Å². The molecule has 0 amide bonds. The van der Waals surface area contributed by atoms with Gasteiger partial charge in [-0.1, -0.05) is 35.9 Å². The van der Waals surface area contributed by atoms with Crippen molar-refractivity contribution in [2.45, 2.75) is 6.42 Å². The zero-order valence-electron chi connectivity index (χ0n) is 10.6. The van der Waals surface area contributed by atoms with Crippen molar-refractivity contribution in [1.82, 2.24) is 5.32 Å². The van der Waals surface area contributed by atoms with Gasteiger partial charge in [-0.3, -0.25) is 0 Å². The van der Waals surface area contributed by atoms with Crippen LogP contribution in [0.1, 0.15) is 5.56 Å². The molecule has 0 aliphatic heterocycles. The number of benzene rings is 2. The fourth-order valence-corrected chi connectivity index (χ4v) is 2.16. The summed E-state index contributed by atoms with van der Waals surface area (Å²) >= 11 is 6.07. The van der Waals surface area contributed by atoms with Gasteiger partial charge in [0, 0.05) is 5.56 Å². The van der Waals surface area contributed by atoms with Gasteiger partial charge < -0.3 is 5.32 Å². The Balaban J connectivity index is 0.00000180. The van der Waals surface area contributed by atoms with Crippen LogP contribution in [0, 0.1) is 5.82 Å². The molecular formula is C15H16Cl2FN. The summed E-state index contributed by atoms with van der Waals surface area (Å²) in [4.78, 5) is 0. The molecule has 4 heteroatoms. The summed E-state index contributed by atoms with van der Waals surface area (Å²) in [5.74, 6) is -0.310. The Morgan fingerprint density at radius 2 is 1.95 bits per heavy atom. The summed E-state index contributed by atoms with van der Waals surface area (Å²) in [6.07, 6.45) is 0.961. The van der Waals surface area contributed by atoms with Crippen molar-refractivity contribution in [2.24, 2.45) is 0 Å². The van der Waals surface area contributed by atoms with E-state index in [1.807, 2.05) is 19.2 Å². The molecule has 0 heterocycles. The molecule has 0 aromatic heterocycles. The molecule has 0 bridgehead atoms. The Kier molecular flexibility index (Phi) is 6.29. The van der Waals surface area contributed by atoms with E-state index in [0.717, 1.165) is 24.1 Å². The predicted octanol–water partition coefficient (Wildman–Crippen LogP) is 4.33. The molecule has 0 saturated heterocycles. The number of hydrogen-bond acceptors (Lipinski definition) is 1. The van der Waals surface area contributed by atoms with Gasteiger partial charge in [-0.25, -0.2) is 4.39 Å². The molecule has 0 radical (unpaired) electrons. The largest absolute Gasteiger partial charge is 0.319 e. The Hall–Kier alpha value is -1.09. The van der Waals surface area contributed by atoms with E-state index >= 15 is 0 Å². The molecule has 1 nitrogen and oxygen atoms in total. The highest BCUT2D eigenvalue weighted by Gasteiger charge is 2.05. The first kappa shape index (κ1) is 16.0. The fraction of sp³-hybridized carbons (Fsp3) is 0.200. The molecule has 2 aromatic carbocycles. The van der Waals surface area contributed by atoms with E-state index in [9.17, 15) is 4.39 Å². The van der Waals surface area contributed by atoms with Crippen LogP contribution in [0.5, 0.6) is 0 Å². The van der Waals surface area contributed by atoms with Crippen LogP contribution in [-0.2, 0) is 6.42 Å². The molecule has 0 atom stereocenters. The minimum atomic E-state index is -0.310. The van der Waals surface area contributed by atoms with Gasteiger partial charge in [-0.2, -0.15) is 0 Å². The summed E-state index contributed by atoms with van der Waals surface area (Å²) in [5.41, 5.74) is 3.13. The lowest BCUT2D eigenvalue weighted by molar-refractivity contribution is 0.628. The van der Waals surface area contributed by atoms with Crippen LogP contribution in [0.25, 0.3) is 11.1 Å². The van der Waals surface area contributed by atoms with Crippen LogP contribution < -0.4 is 5.32 Å². The molecule has 2 aromatic rings. The lowest BCUT2D eigenvalue weighted by Crippen LogP contribution is -2.10. The molecule has 102 valence electrons. The van der Waals surface area contributed by atoms with Crippen LogP contribution in [0.4, 0.5) is 4.39 Å². The zero-order chi connectivity index (χ0) is 13.0. The van der Waals surface area contributed by atoms with Crippen LogP contribution in [0.15, 0.2) is 42.5 Å². The predicted molar refractivity (Wildman–Crippen MR) is 81.7 cm³/mol. The molecule has 0 unspecified atom stereocenters. The van der Waals surface area contributed by atoms with Gasteiger partial charge in [0.1, 0.15) is 5.82 Å². The topological polar surface area (TPSA) is 12.0 Å². The van der Waals surface area contributed by atoms with Gasteiger partial charge in [0.25, 0.3) is 0 Å². The van der Waals surface area contributed by atoms with Crippen molar-refractivity contribution >= 4 is 24.0 Å². The highest BCUT2D eigenvalue weighted by Crippen LogP contribution is 2.29. The van der Waals surface area contributed by atoms with E-state index in [4.69, 9.17) is 11.6 Å². The molecule has 19 heavy (non-hydrogen) atoms. The number of nitrogens with one attached hydrogen (secondary N) is 1. The third-order valence-corrected chi connectivity index (χ3v) is 3.15. The second-order valence-corrected chi connectivity index (χ2v) is 4.59. The molecule has 2 rings (SSSR count). The zero-order valence-corrected chi connectivity index (χ0v) is 12.2. The van der Waals surface area contributed by atoms with Crippen LogP contribution in [0.3, 0.4) is 0 Å². The Labute approximate surface area is 124 Å². The molecule has 0 spiro atoms. The monoisotopic (exact) mass is 299 g/mol. The number of rotatable bonds is 4. The van der Waals surface area contributed by atoms with Crippen LogP contribution in [-0.4, -0.2) is 13.6 Å². The van der Waals surface area contributed by atoms with Crippen molar-refractivity contribution in [3.63, 3.8) is 0 Å². The third-order valence-electron chi connectivity index (χ3n) is 2.83. The summed E-state index contributed by atoms with van der Waals surface area (Å²) < 4.78 is 13.0. The highest BCUT2D eigenvalue weighted by atomic mass is 35.5. The second kappa shape index (κ2) is 7.49. The van der Waals surface area contributed by atoms with E-state index in [1.54, 1.807) is 6.07 Å². The highest BCUT2D eigenvalue weighted by molar-refractivity contribution is 6.33. The first-order valence-electron chi connectivity index (χ1n) is 5.89. The van der Waals surface area contributed by atoms with Gasteiger partial charge >= 0.3 is 0 Å². The Morgan fingerprint density at radius 3 is 2.63 bits per heavy atom. The third kappa shape index (κ3) is 4.20. The summed E-state index contributed by atoms with van der Waals surface area (Å²) in [6.45, 7) is 0.931. The maximum atomic E-state index is 13.0.